The van der Waals surface area contributed by atoms with Crippen LogP contribution in [0.15, 0.2) is 47.6 Å². The number of nitrogens with zero attached hydrogens (tertiary/aromatic N) is 4. The number of para-hydroxylation sites is 1. The summed E-state index contributed by atoms with van der Waals surface area (Å²) in [6.07, 6.45) is 0.781. The lowest BCUT2D eigenvalue weighted by molar-refractivity contribution is -0.116. The van der Waals surface area contributed by atoms with Gasteiger partial charge in [0.1, 0.15) is 0 Å². The Bertz CT molecular complexity index is 1280. The Labute approximate surface area is 175 Å². The largest absolute Gasteiger partial charge is 0.312 e. The van der Waals surface area contributed by atoms with Crippen LogP contribution in [0.3, 0.4) is 0 Å². The number of carbonyl (C=O) groups is 2. The standard InChI is InChI=1S/C21H18N4O2S2/c1-12(19(27)15-7-8-16-14(11-15)9-10-24(16)13(2)26)28-20-22-23-21-25(20)17-5-3-4-6-18(17)29-21/h3-8,11-12H,9-10H2,1-2H3/t12-/m1/s1. The SMILES string of the molecule is CC(=O)N1CCc2cc(C(=O)[C@@H](C)Sc3nnc4sc5ccccc5n34)ccc21. The number of fused-ring (bicyclic) bond motifs is 4. The summed E-state index contributed by atoms with van der Waals surface area (Å²) in [6, 6.07) is 13.7. The van der Waals surface area contributed by atoms with Crippen molar-refractivity contribution in [2.24, 2.45) is 0 Å². The van der Waals surface area contributed by atoms with Gasteiger partial charge in [-0.15, -0.1) is 10.2 Å². The van der Waals surface area contributed by atoms with Gasteiger partial charge in [-0.3, -0.25) is 14.0 Å². The van der Waals surface area contributed by atoms with Crippen molar-refractivity contribution in [2.45, 2.75) is 30.7 Å². The van der Waals surface area contributed by atoms with E-state index in [1.165, 1.54) is 11.8 Å². The molecular formula is C21H18N4O2S2. The van der Waals surface area contributed by atoms with E-state index in [-0.39, 0.29) is 16.9 Å². The molecule has 2 aromatic carbocycles. The summed E-state index contributed by atoms with van der Waals surface area (Å²) in [5, 5.41) is 9.00. The minimum atomic E-state index is -0.301. The number of thioether (sulfide) groups is 1. The predicted octanol–water partition coefficient (Wildman–Crippen LogP) is 4.22. The molecule has 4 aromatic rings. The van der Waals surface area contributed by atoms with Crippen molar-refractivity contribution in [3.63, 3.8) is 0 Å². The molecule has 0 fully saturated rings. The number of aromatic nitrogens is 3. The number of anilines is 1. The first-order valence-electron chi connectivity index (χ1n) is 9.37. The van der Waals surface area contributed by atoms with E-state index in [2.05, 4.69) is 16.3 Å². The van der Waals surface area contributed by atoms with Crippen LogP contribution in [0.4, 0.5) is 5.69 Å². The van der Waals surface area contributed by atoms with Gasteiger partial charge in [-0.05, 0) is 49.2 Å². The molecule has 0 spiro atoms. The first-order valence-corrected chi connectivity index (χ1v) is 11.1. The lowest BCUT2D eigenvalue weighted by atomic mass is 10.0. The van der Waals surface area contributed by atoms with Crippen LogP contribution in [-0.4, -0.2) is 38.1 Å². The Morgan fingerprint density at radius 1 is 1.17 bits per heavy atom. The minimum absolute atomic E-state index is 0.0329. The second-order valence-electron chi connectivity index (χ2n) is 7.06. The monoisotopic (exact) mass is 422 g/mol. The summed E-state index contributed by atoms with van der Waals surface area (Å²) in [5.41, 5.74) is 3.70. The molecule has 0 aliphatic carbocycles. The fourth-order valence-electron chi connectivity index (χ4n) is 3.76. The van der Waals surface area contributed by atoms with Crippen molar-refractivity contribution in [1.82, 2.24) is 14.6 Å². The molecule has 0 unspecified atom stereocenters. The molecule has 1 aliphatic rings. The van der Waals surface area contributed by atoms with Crippen molar-refractivity contribution in [2.75, 3.05) is 11.4 Å². The Morgan fingerprint density at radius 3 is 2.83 bits per heavy atom. The topological polar surface area (TPSA) is 67.6 Å². The quantitative estimate of drug-likeness (QED) is 0.364. The summed E-state index contributed by atoms with van der Waals surface area (Å²) in [4.78, 5) is 27.4. The van der Waals surface area contributed by atoms with E-state index in [0.29, 0.717) is 12.1 Å². The molecule has 5 rings (SSSR count). The number of rotatable bonds is 4. The smallest absolute Gasteiger partial charge is 0.223 e. The van der Waals surface area contributed by atoms with Crippen LogP contribution < -0.4 is 4.90 Å². The van der Waals surface area contributed by atoms with Crippen molar-refractivity contribution >= 4 is 55.7 Å². The normalized spacial score (nSPS) is 14.5. The molecule has 2 aromatic heterocycles. The zero-order valence-electron chi connectivity index (χ0n) is 16.0. The maximum atomic E-state index is 13.1. The molecule has 0 N–H and O–H groups in total. The van der Waals surface area contributed by atoms with Crippen molar-refractivity contribution < 1.29 is 9.59 Å². The van der Waals surface area contributed by atoms with E-state index in [1.54, 1.807) is 23.2 Å². The van der Waals surface area contributed by atoms with E-state index >= 15 is 0 Å². The Morgan fingerprint density at radius 2 is 2.00 bits per heavy atom. The van der Waals surface area contributed by atoms with Gasteiger partial charge in [-0.2, -0.15) is 0 Å². The molecule has 0 saturated carbocycles. The van der Waals surface area contributed by atoms with Crippen LogP contribution in [0.5, 0.6) is 0 Å². The number of ketones is 1. The van der Waals surface area contributed by atoms with Crippen molar-refractivity contribution in [1.29, 1.82) is 0 Å². The van der Waals surface area contributed by atoms with Gasteiger partial charge in [-0.25, -0.2) is 0 Å². The highest BCUT2D eigenvalue weighted by atomic mass is 32.2. The molecule has 0 radical (unpaired) electrons. The molecule has 29 heavy (non-hydrogen) atoms. The van der Waals surface area contributed by atoms with Crippen LogP contribution in [0.2, 0.25) is 0 Å². The number of thiazole rings is 1. The van der Waals surface area contributed by atoms with Gasteiger partial charge in [0.2, 0.25) is 10.9 Å². The molecule has 0 bridgehead atoms. The Kier molecular flexibility index (Phi) is 4.40. The first-order chi connectivity index (χ1) is 14.0. The van der Waals surface area contributed by atoms with Crippen LogP contribution in [-0.2, 0) is 11.2 Å². The number of hydrogen-bond donors (Lipinski definition) is 0. The number of benzene rings is 2. The van der Waals surface area contributed by atoms with E-state index in [9.17, 15) is 9.59 Å². The molecule has 146 valence electrons. The maximum absolute atomic E-state index is 13.1. The molecule has 8 heteroatoms. The third-order valence-electron chi connectivity index (χ3n) is 5.20. The first kappa shape index (κ1) is 18.3. The molecule has 1 aliphatic heterocycles. The summed E-state index contributed by atoms with van der Waals surface area (Å²) >= 11 is 3.01. The van der Waals surface area contributed by atoms with Gasteiger partial charge in [0.15, 0.2) is 10.9 Å². The fourth-order valence-corrected chi connectivity index (χ4v) is 5.72. The highest BCUT2D eigenvalue weighted by Crippen LogP contribution is 2.33. The third kappa shape index (κ3) is 3.03. The second-order valence-corrected chi connectivity index (χ2v) is 9.38. The number of hydrogen-bond acceptors (Lipinski definition) is 6. The third-order valence-corrected chi connectivity index (χ3v) is 7.26. The van der Waals surface area contributed by atoms with Gasteiger partial charge in [0.25, 0.3) is 0 Å². The highest BCUT2D eigenvalue weighted by Gasteiger charge is 2.25. The summed E-state index contributed by atoms with van der Waals surface area (Å²) in [6.45, 7) is 4.15. The van der Waals surface area contributed by atoms with Gasteiger partial charge in [0, 0.05) is 24.7 Å². The second kappa shape index (κ2) is 6.96. The molecule has 1 amide bonds. The lowest BCUT2D eigenvalue weighted by Crippen LogP contribution is -2.25. The van der Waals surface area contributed by atoms with Crippen molar-refractivity contribution in [3.8, 4) is 0 Å². The fraction of sp³-hybridized carbons (Fsp3) is 0.238. The van der Waals surface area contributed by atoms with Gasteiger partial charge < -0.3 is 4.90 Å². The number of amides is 1. The summed E-state index contributed by atoms with van der Waals surface area (Å²) < 4.78 is 3.16. The minimum Gasteiger partial charge on any atom is -0.312 e. The number of carbonyl (C=O) groups excluding carboxylic acids is 2. The molecule has 3 heterocycles. The predicted molar refractivity (Wildman–Crippen MR) is 116 cm³/mol. The molecular weight excluding hydrogens is 404 g/mol. The average molecular weight is 423 g/mol. The average Bonchev–Trinajstić information content (AvgIpc) is 3.40. The van der Waals surface area contributed by atoms with E-state index < -0.39 is 0 Å². The highest BCUT2D eigenvalue weighted by molar-refractivity contribution is 8.00. The van der Waals surface area contributed by atoms with Crippen LogP contribution in [0.25, 0.3) is 15.2 Å². The van der Waals surface area contributed by atoms with Crippen LogP contribution in [0.1, 0.15) is 29.8 Å². The lowest BCUT2D eigenvalue weighted by Gasteiger charge is -2.15. The van der Waals surface area contributed by atoms with Gasteiger partial charge in [-0.1, -0.05) is 35.2 Å². The van der Waals surface area contributed by atoms with Crippen LogP contribution in [0, 0.1) is 0 Å². The van der Waals surface area contributed by atoms with Gasteiger partial charge >= 0.3 is 0 Å². The molecule has 6 nitrogen and oxygen atoms in total. The number of Topliss-reactive ketones (excluding diaryl/α,β-unsaturated/α-hetero) is 1. The van der Waals surface area contributed by atoms with Crippen molar-refractivity contribution in [3.05, 3.63) is 53.6 Å². The molecule has 0 saturated heterocycles. The Hall–Kier alpha value is -2.71. The summed E-state index contributed by atoms with van der Waals surface area (Å²) in [5.74, 6) is 0.0842. The van der Waals surface area contributed by atoms with E-state index in [1.807, 2.05) is 47.7 Å². The van der Waals surface area contributed by atoms with Crippen LogP contribution >= 0.6 is 23.1 Å². The zero-order valence-corrected chi connectivity index (χ0v) is 17.6. The van der Waals surface area contributed by atoms with E-state index in [0.717, 1.165) is 38.0 Å². The molecule has 1 atom stereocenters. The van der Waals surface area contributed by atoms with Gasteiger partial charge in [0.05, 0.1) is 15.5 Å². The maximum Gasteiger partial charge on any atom is 0.223 e. The zero-order chi connectivity index (χ0) is 20.1. The Balaban J connectivity index is 1.42. The summed E-state index contributed by atoms with van der Waals surface area (Å²) in [7, 11) is 0. The van der Waals surface area contributed by atoms with E-state index in [4.69, 9.17) is 0 Å².